The van der Waals surface area contributed by atoms with Gasteiger partial charge in [0.2, 0.25) is 0 Å². The number of ether oxygens (including phenoxy) is 1. The first-order valence-corrected chi connectivity index (χ1v) is 10.6. The third-order valence-corrected chi connectivity index (χ3v) is 5.35. The zero-order valence-corrected chi connectivity index (χ0v) is 19.3. The van der Waals surface area contributed by atoms with E-state index >= 15 is 0 Å². The zero-order valence-electron chi connectivity index (χ0n) is 16.9. The van der Waals surface area contributed by atoms with Crippen molar-refractivity contribution in [2.24, 2.45) is 0 Å². The fraction of sp³-hybridized carbons (Fsp3) is 0.421. The Morgan fingerprint density at radius 1 is 1.26 bits per heavy atom. The topological polar surface area (TPSA) is 91.8 Å². The van der Waals surface area contributed by atoms with E-state index in [2.05, 4.69) is 26.2 Å². The van der Waals surface area contributed by atoms with Crippen molar-refractivity contribution in [2.75, 3.05) is 11.4 Å². The number of halogens is 4. The Morgan fingerprint density at radius 2 is 1.87 bits per heavy atom. The molecule has 0 saturated carbocycles. The number of aromatic nitrogens is 1. The summed E-state index contributed by atoms with van der Waals surface area (Å²) in [5, 5.41) is 12.6. The second kappa shape index (κ2) is 9.86. The highest BCUT2D eigenvalue weighted by atomic mass is 79.9. The molecule has 7 nitrogen and oxygen atoms in total. The van der Waals surface area contributed by atoms with E-state index in [-0.39, 0.29) is 13.0 Å². The number of alkyl carbamates (subject to hydrolysis) is 1. The molecule has 2 aromatic rings. The lowest BCUT2D eigenvalue weighted by molar-refractivity contribution is -0.137. The van der Waals surface area contributed by atoms with Gasteiger partial charge in [-0.05, 0) is 60.8 Å². The number of nitrogens with zero attached hydrogens (tertiary/aromatic N) is 2. The summed E-state index contributed by atoms with van der Waals surface area (Å²) >= 11 is 4.26. The number of anilines is 1. The Morgan fingerprint density at radius 3 is 2.32 bits per heavy atom. The molecule has 0 aliphatic carbocycles. The summed E-state index contributed by atoms with van der Waals surface area (Å²) in [6, 6.07) is 3.69. The van der Waals surface area contributed by atoms with Gasteiger partial charge in [0.25, 0.3) is 0 Å². The predicted molar refractivity (Wildman–Crippen MR) is 113 cm³/mol. The van der Waals surface area contributed by atoms with Gasteiger partial charge in [-0.15, -0.1) is 0 Å². The van der Waals surface area contributed by atoms with Gasteiger partial charge in [0.15, 0.2) is 3.92 Å². The number of nitrogens with one attached hydrogen (secondary N) is 1. The fourth-order valence-electron chi connectivity index (χ4n) is 2.60. The predicted octanol–water partition coefficient (Wildman–Crippen LogP) is 5.54. The molecule has 0 bridgehead atoms. The Labute approximate surface area is 189 Å². The van der Waals surface area contributed by atoms with Crippen molar-refractivity contribution in [3.05, 3.63) is 45.5 Å². The van der Waals surface area contributed by atoms with Crippen LogP contribution in [-0.4, -0.2) is 40.5 Å². The van der Waals surface area contributed by atoms with E-state index in [1.807, 2.05) is 0 Å². The van der Waals surface area contributed by atoms with Gasteiger partial charge < -0.3 is 15.2 Å². The number of carboxylic acid groups (broad SMARTS) is 1. The normalized spacial score (nSPS) is 12.9. The number of alkyl halides is 3. The standard InChI is InChI=1S/C19H21BrF3N3O4S/c1-18(2,3)30-16(27)25-13(8-11-4-6-12(7-5-11)19(21,22)23)10-26(17(28)29)14-9-24-15(20)31-14/h4-7,9,13H,8,10H2,1-3H3,(H,25,27)(H,28,29)/t13-/m1/s1. The number of thiazole rings is 1. The summed E-state index contributed by atoms with van der Waals surface area (Å²) < 4.78 is 44.1. The fourth-order valence-corrected chi connectivity index (χ4v) is 3.85. The smallest absolute Gasteiger partial charge is 0.416 e. The summed E-state index contributed by atoms with van der Waals surface area (Å²) in [6.07, 6.45) is -5.04. The molecular formula is C19H21BrF3N3O4S. The second-order valence-electron chi connectivity index (χ2n) is 7.59. The van der Waals surface area contributed by atoms with Crippen LogP contribution in [-0.2, 0) is 17.3 Å². The van der Waals surface area contributed by atoms with Crippen LogP contribution in [0.5, 0.6) is 0 Å². The van der Waals surface area contributed by atoms with E-state index in [0.717, 1.165) is 28.4 Å². The number of benzene rings is 1. The highest BCUT2D eigenvalue weighted by molar-refractivity contribution is 9.11. The van der Waals surface area contributed by atoms with Crippen LogP contribution in [0.2, 0.25) is 0 Å². The molecule has 1 heterocycles. The minimum Gasteiger partial charge on any atom is -0.465 e. The number of hydrogen-bond acceptors (Lipinski definition) is 5. The molecule has 2 N–H and O–H groups in total. The molecule has 1 aromatic carbocycles. The minimum atomic E-state index is -4.47. The summed E-state index contributed by atoms with van der Waals surface area (Å²) in [7, 11) is 0. The lowest BCUT2D eigenvalue weighted by atomic mass is 10.0. The molecule has 0 aliphatic heterocycles. The second-order valence-corrected chi connectivity index (χ2v) is 9.87. The largest absolute Gasteiger partial charge is 0.465 e. The summed E-state index contributed by atoms with van der Waals surface area (Å²) in [5.41, 5.74) is -1.09. The van der Waals surface area contributed by atoms with Gasteiger partial charge in [0, 0.05) is 0 Å². The van der Waals surface area contributed by atoms with Crippen molar-refractivity contribution in [1.29, 1.82) is 0 Å². The Bertz CT molecular complexity index is 913. The molecule has 0 fully saturated rings. The van der Waals surface area contributed by atoms with Crippen molar-refractivity contribution >= 4 is 44.5 Å². The molecule has 2 amide bonds. The van der Waals surface area contributed by atoms with E-state index in [1.165, 1.54) is 18.3 Å². The van der Waals surface area contributed by atoms with Crippen molar-refractivity contribution in [2.45, 2.75) is 45.0 Å². The minimum absolute atomic E-state index is 0.0845. The van der Waals surface area contributed by atoms with Crippen molar-refractivity contribution in [3.63, 3.8) is 0 Å². The number of rotatable bonds is 6. The van der Waals surface area contributed by atoms with Crippen LogP contribution in [0.1, 0.15) is 31.9 Å². The molecule has 0 spiro atoms. The molecule has 1 atom stereocenters. The first-order valence-electron chi connectivity index (χ1n) is 9.02. The van der Waals surface area contributed by atoms with E-state index < -0.39 is 35.6 Å². The molecule has 0 radical (unpaired) electrons. The third-order valence-electron chi connectivity index (χ3n) is 3.85. The maximum absolute atomic E-state index is 12.8. The van der Waals surface area contributed by atoms with Crippen LogP contribution >= 0.6 is 27.3 Å². The van der Waals surface area contributed by atoms with Gasteiger partial charge in [0.1, 0.15) is 10.6 Å². The first-order chi connectivity index (χ1) is 14.2. The van der Waals surface area contributed by atoms with Gasteiger partial charge in [0.05, 0.1) is 24.3 Å². The number of amides is 2. The summed E-state index contributed by atoms with van der Waals surface area (Å²) in [5.74, 6) is 0. The highest BCUT2D eigenvalue weighted by Crippen LogP contribution is 2.30. The van der Waals surface area contributed by atoms with Crippen molar-refractivity contribution in [3.8, 4) is 0 Å². The van der Waals surface area contributed by atoms with Crippen molar-refractivity contribution in [1.82, 2.24) is 10.3 Å². The van der Waals surface area contributed by atoms with Crippen molar-refractivity contribution < 1.29 is 32.6 Å². The average Bonchev–Trinajstić information content (AvgIpc) is 3.03. The van der Waals surface area contributed by atoms with Crippen LogP contribution in [0, 0.1) is 0 Å². The molecular weight excluding hydrogens is 503 g/mol. The molecule has 170 valence electrons. The van der Waals surface area contributed by atoms with Gasteiger partial charge in [-0.1, -0.05) is 23.5 Å². The number of carbonyl (C=O) groups excluding carboxylic acids is 1. The number of carbonyl (C=O) groups is 2. The third kappa shape index (κ3) is 8.02. The maximum Gasteiger partial charge on any atom is 0.416 e. The van der Waals surface area contributed by atoms with E-state index in [9.17, 15) is 27.9 Å². The average molecular weight is 524 g/mol. The molecule has 0 aliphatic rings. The van der Waals surface area contributed by atoms with E-state index in [1.54, 1.807) is 20.8 Å². The quantitative estimate of drug-likeness (QED) is 0.518. The molecule has 0 unspecified atom stereocenters. The molecule has 0 saturated heterocycles. The lowest BCUT2D eigenvalue weighted by Gasteiger charge is -2.27. The molecule has 12 heteroatoms. The zero-order chi connectivity index (χ0) is 23.4. The lowest BCUT2D eigenvalue weighted by Crippen LogP contribution is -2.48. The summed E-state index contributed by atoms with van der Waals surface area (Å²) in [6.45, 7) is 4.87. The Balaban J connectivity index is 2.24. The highest BCUT2D eigenvalue weighted by Gasteiger charge is 2.30. The maximum atomic E-state index is 12.8. The van der Waals surface area contributed by atoms with E-state index in [0.29, 0.717) is 14.5 Å². The Kier molecular flexibility index (Phi) is 7.93. The SMILES string of the molecule is CC(C)(C)OC(=O)N[C@H](Cc1ccc(C(F)(F)F)cc1)CN(C(=O)O)c1cnc(Br)s1. The molecule has 2 rings (SSSR count). The van der Waals surface area contributed by atoms with Crippen LogP contribution in [0.3, 0.4) is 0 Å². The molecule has 1 aromatic heterocycles. The number of hydrogen-bond donors (Lipinski definition) is 2. The van der Waals surface area contributed by atoms with Gasteiger partial charge in [-0.3, -0.25) is 4.90 Å². The van der Waals surface area contributed by atoms with Crippen LogP contribution in [0.4, 0.5) is 27.8 Å². The summed E-state index contributed by atoms with van der Waals surface area (Å²) in [4.78, 5) is 29.0. The van der Waals surface area contributed by atoms with E-state index in [4.69, 9.17) is 4.74 Å². The van der Waals surface area contributed by atoms with Gasteiger partial charge in [-0.25, -0.2) is 14.6 Å². The Hall–Kier alpha value is -2.34. The van der Waals surface area contributed by atoms with Gasteiger partial charge in [-0.2, -0.15) is 13.2 Å². The van der Waals surface area contributed by atoms with Crippen LogP contribution in [0.25, 0.3) is 0 Å². The monoisotopic (exact) mass is 523 g/mol. The van der Waals surface area contributed by atoms with Crippen LogP contribution < -0.4 is 10.2 Å². The van der Waals surface area contributed by atoms with Gasteiger partial charge >= 0.3 is 18.4 Å². The van der Waals surface area contributed by atoms with Crippen LogP contribution in [0.15, 0.2) is 34.4 Å². The molecule has 31 heavy (non-hydrogen) atoms. The first kappa shape index (κ1) is 24.9.